The van der Waals surface area contributed by atoms with Crippen LogP contribution in [0.3, 0.4) is 0 Å². The van der Waals surface area contributed by atoms with Crippen LogP contribution in [-0.2, 0) is 55.6 Å². The Morgan fingerprint density at radius 2 is 0.833 bits per heavy atom. The van der Waals surface area contributed by atoms with Gasteiger partial charge >= 0.3 is 11.9 Å². The molecule has 0 fully saturated rings. The lowest BCUT2D eigenvalue weighted by molar-refractivity contribution is -0.142. The van der Waals surface area contributed by atoms with Crippen LogP contribution in [0.5, 0.6) is 11.5 Å². The Labute approximate surface area is 314 Å². The maximum Gasteiger partial charge on any atom is 0.322 e. The van der Waals surface area contributed by atoms with Gasteiger partial charge in [-0.05, 0) is 83.6 Å². The summed E-state index contributed by atoms with van der Waals surface area (Å²) in [6, 6.07) is 31.5. The van der Waals surface area contributed by atoms with Crippen LogP contribution in [0.25, 0.3) is 0 Å². The molecule has 0 saturated heterocycles. The highest BCUT2D eigenvalue weighted by atomic mass is 32.2. The number of carboxylic acids is 2. The Morgan fingerprint density at radius 3 is 1.13 bits per heavy atom. The van der Waals surface area contributed by atoms with Gasteiger partial charge in [-0.2, -0.15) is 8.61 Å². The largest absolute Gasteiger partial charge is 0.497 e. The summed E-state index contributed by atoms with van der Waals surface area (Å²) >= 11 is 0. The van der Waals surface area contributed by atoms with Crippen LogP contribution in [0.4, 0.5) is 0 Å². The summed E-state index contributed by atoms with van der Waals surface area (Å²) in [5.41, 5.74) is 1.70. The number of rotatable bonds is 18. The van der Waals surface area contributed by atoms with Gasteiger partial charge in [0.1, 0.15) is 23.6 Å². The second kappa shape index (κ2) is 17.5. The number of hydrogen-bond donors (Lipinski definition) is 2. The molecule has 0 aliphatic heterocycles. The molecule has 2 N–H and O–H groups in total. The molecule has 0 radical (unpaired) electrons. The molecule has 5 rings (SSSR count). The van der Waals surface area contributed by atoms with E-state index in [1.807, 2.05) is 0 Å². The number of sulfonamides is 2. The number of ether oxygens (including phenoxy) is 2. The number of aliphatic carboxylic acids is 2. The normalized spacial score (nSPS) is 13.0. The van der Waals surface area contributed by atoms with E-state index in [1.165, 1.54) is 62.8 Å². The lowest BCUT2D eigenvalue weighted by Crippen LogP contribution is -2.47. The Hall–Kier alpha value is -5.54. The highest BCUT2D eigenvalue weighted by Gasteiger charge is 2.39. The van der Waals surface area contributed by atoms with Crippen LogP contribution in [-0.4, -0.2) is 73.9 Å². The van der Waals surface area contributed by atoms with Crippen molar-refractivity contribution in [2.45, 2.75) is 47.8 Å². The first-order valence-electron chi connectivity index (χ1n) is 16.8. The molecular weight excluding hydrogens is 733 g/mol. The molecule has 0 saturated carbocycles. The molecule has 0 amide bonds. The molecule has 2 atom stereocenters. The van der Waals surface area contributed by atoms with Crippen LogP contribution in [0, 0.1) is 0 Å². The number of nitrogens with zero attached hydrogens (tertiary/aromatic N) is 2. The summed E-state index contributed by atoms with van der Waals surface area (Å²) in [5, 5.41) is 21.1. The van der Waals surface area contributed by atoms with E-state index in [2.05, 4.69) is 0 Å². The molecule has 0 heterocycles. The second-order valence-electron chi connectivity index (χ2n) is 12.3. The highest BCUT2D eigenvalue weighted by Crippen LogP contribution is 2.30. The molecule has 0 spiro atoms. The Bertz CT molecular complexity index is 2090. The number of carbonyl (C=O) groups is 2. The third-order valence-corrected chi connectivity index (χ3v) is 12.6. The van der Waals surface area contributed by atoms with Gasteiger partial charge in [-0.15, -0.1) is 0 Å². The van der Waals surface area contributed by atoms with Crippen molar-refractivity contribution in [1.29, 1.82) is 0 Å². The number of hydrogen-bond acceptors (Lipinski definition) is 8. The minimum Gasteiger partial charge on any atom is -0.497 e. The Kier molecular flexibility index (Phi) is 12.9. The zero-order valence-electron chi connectivity index (χ0n) is 29.6. The lowest BCUT2D eigenvalue weighted by Gasteiger charge is -2.31. The average Bonchev–Trinajstić information content (AvgIpc) is 3.18. The van der Waals surface area contributed by atoms with Gasteiger partial charge in [0.25, 0.3) is 0 Å². The van der Waals surface area contributed by atoms with E-state index in [9.17, 15) is 36.6 Å². The van der Waals surface area contributed by atoms with Crippen molar-refractivity contribution in [3.63, 3.8) is 0 Å². The van der Waals surface area contributed by atoms with Crippen LogP contribution < -0.4 is 9.47 Å². The molecule has 282 valence electrons. The van der Waals surface area contributed by atoms with Crippen molar-refractivity contribution in [2.75, 3.05) is 14.2 Å². The van der Waals surface area contributed by atoms with Gasteiger partial charge in [0, 0.05) is 13.1 Å². The number of carboxylic acid groups (broad SMARTS) is 2. The van der Waals surface area contributed by atoms with Crippen molar-refractivity contribution in [3.05, 3.63) is 156 Å². The second-order valence-corrected chi connectivity index (χ2v) is 16.1. The van der Waals surface area contributed by atoms with Gasteiger partial charge in [-0.3, -0.25) is 9.59 Å². The quantitative estimate of drug-likeness (QED) is 0.116. The van der Waals surface area contributed by atoms with E-state index < -0.39 is 57.2 Å². The van der Waals surface area contributed by atoms with Crippen molar-refractivity contribution < 1.29 is 46.1 Å². The molecule has 0 aromatic heterocycles. The van der Waals surface area contributed by atoms with Gasteiger partial charge in [0.05, 0.1) is 24.0 Å². The summed E-state index contributed by atoms with van der Waals surface area (Å²) in [6.45, 7) is -0.970. The molecule has 0 unspecified atom stereocenters. The molecule has 5 aromatic rings. The van der Waals surface area contributed by atoms with Crippen LogP contribution in [0.2, 0.25) is 0 Å². The average molecular weight is 773 g/mol. The van der Waals surface area contributed by atoms with Crippen molar-refractivity contribution in [1.82, 2.24) is 8.61 Å². The summed E-state index contributed by atoms with van der Waals surface area (Å²) in [7, 11) is -6.19. The fraction of sp³-hybridized carbons (Fsp3) is 0.200. The van der Waals surface area contributed by atoms with Gasteiger partial charge in [-0.25, -0.2) is 16.8 Å². The maximum absolute atomic E-state index is 14.4. The summed E-state index contributed by atoms with van der Waals surface area (Å²) < 4.78 is 69.9. The third kappa shape index (κ3) is 9.33. The van der Waals surface area contributed by atoms with Gasteiger partial charge in [-0.1, -0.05) is 84.9 Å². The minimum atomic E-state index is -4.52. The molecule has 0 aliphatic carbocycles. The van der Waals surface area contributed by atoms with Crippen LogP contribution in [0.1, 0.15) is 22.3 Å². The standard InChI is InChI=1S/C40H40N2O10S2/c1-51-33-17-21-35(22-18-33)53(47,48)41(37(39(43)44)25-29-11-5-3-6-12-29)27-31-15-9-10-16-32(31)28-42(38(40(45)46)26-30-13-7-4-8-14-30)54(49,50)36-23-19-34(52-2)20-24-36/h3-24,37-38H,25-28H2,1-2H3,(H,43,44)(H,45,46)/t37-,38-/m1/s1. The van der Waals surface area contributed by atoms with Crippen molar-refractivity contribution >= 4 is 32.0 Å². The first-order valence-corrected chi connectivity index (χ1v) is 19.6. The first-order chi connectivity index (χ1) is 25.8. The van der Waals surface area contributed by atoms with Gasteiger partial charge in [0.2, 0.25) is 20.0 Å². The van der Waals surface area contributed by atoms with E-state index in [0.29, 0.717) is 22.6 Å². The van der Waals surface area contributed by atoms with Crippen molar-refractivity contribution in [3.8, 4) is 11.5 Å². The fourth-order valence-corrected chi connectivity index (χ4v) is 9.11. The predicted octanol–water partition coefficient (Wildman–Crippen LogP) is 5.48. The monoisotopic (exact) mass is 772 g/mol. The van der Waals surface area contributed by atoms with Crippen LogP contribution in [0.15, 0.2) is 143 Å². The maximum atomic E-state index is 14.4. The summed E-state index contributed by atoms with van der Waals surface area (Å²) in [6.07, 6.45) is -0.353. The fourth-order valence-electron chi connectivity index (χ4n) is 5.99. The van der Waals surface area contributed by atoms with Crippen molar-refractivity contribution in [2.24, 2.45) is 0 Å². The topological polar surface area (TPSA) is 168 Å². The van der Waals surface area contributed by atoms with E-state index in [0.717, 1.165) is 8.61 Å². The molecule has 0 bridgehead atoms. The smallest absolute Gasteiger partial charge is 0.322 e. The predicted molar refractivity (Wildman–Crippen MR) is 201 cm³/mol. The van der Waals surface area contributed by atoms with E-state index in [1.54, 1.807) is 84.9 Å². The Balaban J connectivity index is 1.62. The molecule has 12 nitrogen and oxygen atoms in total. The van der Waals surface area contributed by atoms with Gasteiger partial charge in [0.15, 0.2) is 0 Å². The number of methoxy groups -OCH3 is 2. The first kappa shape index (κ1) is 39.7. The molecule has 54 heavy (non-hydrogen) atoms. The molecular formula is C40H40N2O10S2. The minimum absolute atomic E-state index is 0.177. The zero-order chi connectivity index (χ0) is 38.9. The van der Waals surface area contributed by atoms with E-state index >= 15 is 0 Å². The summed E-state index contributed by atoms with van der Waals surface area (Å²) in [4.78, 5) is 25.6. The lowest BCUT2D eigenvalue weighted by atomic mass is 10.0. The highest BCUT2D eigenvalue weighted by molar-refractivity contribution is 7.89. The van der Waals surface area contributed by atoms with Gasteiger partial charge < -0.3 is 19.7 Å². The number of benzene rings is 5. The SMILES string of the molecule is COc1ccc(S(=O)(=O)N(Cc2ccccc2CN([C@H](Cc2ccccc2)C(=O)O)S(=O)(=O)c2ccc(OC)cc2)[C@H](Cc2ccccc2)C(=O)O)cc1. The van der Waals surface area contributed by atoms with E-state index in [4.69, 9.17) is 9.47 Å². The zero-order valence-corrected chi connectivity index (χ0v) is 31.2. The van der Waals surface area contributed by atoms with E-state index in [-0.39, 0.29) is 33.8 Å². The molecule has 5 aromatic carbocycles. The Morgan fingerprint density at radius 1 is 0.519 bits per heavy atom. The molecule has 14 heteroatoms. The van der Waals surface area contributed by atoms with Crippen LogP contribution >= 0.6 is 0 Å². The summed E-state index contributed by atoms with van der Waals surface area (Å²) in [5.74, 6) is -2.00. The third-order valence-electron chi connectivity index (χ3n) is 8.91. The molecule has 0 aliphatic rings.